The number of fused-ring (bicyclic) bond motifs is 1. The molecule has 0 radical (unpaired) electrons. The molecular weight excluding hydrogens is 326 g/mol. The number of hydrogen-bond donors (Lipinski definition) is 0. The first kappa shape index (κ1) is 16.3. The molecule has 0 fully saturated rings. The van der Waals surface area contributed by atoms with Gasteiger partial charge in [0.15, 0.2) is 5.78 Å². The summed E-state index contributed by atoms with van der Waals surface area (Å²) < 4.78 is 11.6. The van der Waals surface area contributed by atoms with Crippen LogP contribution in [0.15, 0.2) is 72.9 Å². The third-order valence-corrected chi connectivity index (χ3v) is 4.47. The summed E-state index contributed by atoms with van der Waals surface area (Å²) in [5, 5.41) is 0. The zero-order chi connectivity index (χ0) is 17.8. The Labute approximate surface area is 152 Å². The fourth-order valence-electron chi connectivity index (χ4n) is 3.09. The maximum Gasteiger partial charge on any atom is 0.173 e. The Kier molecular flexibility index (Phi) is 4.65. The second-order valence-corrected chi connectivity index (χ2v) is 6.33. The molecule has 1 aromatic heterocycles. The van der Waals surface area contributed by atoms with Gasteiger partial charge < -0.3 is 9.47 Å². The molecule has 2 heterocycles. The topological polar surface area (TPSA) is 48.4 Å². The van der Waals surface area contributed by atoms with Crippen molar-refractivity contribution in [3.8, 4) is 11.5 Å². The van der Waals surface area contributed by atoms with Crippen LogP contribution < -0.4 is 9.47 Å². The number of aromatic nitrogens is 1. The largest absolute Gasteiger partial charge is 0.492 e. The fourth-order valence-corrected chi connectivity index (χ4v) is 3.09. The lowest BCUT2D eigenvalue weighted by Crippen LogP contribution is -2.29. The number of rotatable bonds is 5. The Morgan fingerprint density at radius 3 is 2.69 bits per heavy atom. The van der Waals surface area contributed by atoms with Crippen LogP contribution in [0.4, 0.5) is 0 Å². The zero-order valence-corrected chi connectivity index (χ0v) is 14.3. The van der Waals surface area contributed by atoms with E-state index in [-0.39, 0.29) is 11.7 Å². The van der Waals surface area contributed by atoms with E-state index < -0.39 is 0 Å². The van der Waals surface area contributed by atoms with Crippen LogP contribution in [0, 0.1) is 5.92 Å². The Hall–Kier alpha value is -3.14. The predicted octanol–water partition coefficient (Wildman–Crippen LogP) is 4.09. The van der Waals surface area contributed by atoms with Crippen LogP contribution in [0.2, 0.25) is 0 Å². The summed E-state index contributed by atoms with van der Waals surface area (Å²) in [5.74, 6) is 1.21. The number of carbonyl (C=O) groups excluding carboxylic acids is 1. The van der Waals surface area contributed by atoms with Gasteiger partial charge in [0.1, 0.15) is 18.1 Å². The number of ketones is 1. The minimum atomic E-state index is -0.170. The molecule has 1 atom stereocenters. The summed E-state index contributed by atoms with van der Waals surface area (Å²) >= 11 is 0. The minimum Gasteiger partial charge on any atom is -0.492 e. The summed E-state index contributed by atoms with van der Waals surface area (Å²) in [4.78, 5) is 17.1. The molecule has 0 aliphatic carbocycles. The SMILES string of the molecule is O=C1c2cc(OCc3ccccn3)ccc2OCC1Cc1ccccc1. The Balaban J connectivity index is 1.49. The van der Waals surface area contributed by atoms with Gasteiger partial charge in [-0.05, 0) is 42.3 Å². The number of hydrogen-bond acceptors (Lipinski definition) is 4. The van der Waals surface area contributed by atoms with Crippen molar-refractivity contribution in [2.75, 3.05) is 6.61 Å². The number of carbonyl (C=O) groups is 1. The number of nitrogens with zero attached hydrogens (tertiary/aromatic N) is 1. The highest BCUT2D eigenvalue weighted by atomic mass is 16.5. The van der Waals surface area contributed by atoms with E-state index >= 15 is 0 Å². The molecule has 0 saturated heterocycles. The van der Waals surface area contributed by atoms with Crippen molar-refractivity contribution in [1.82, 2.24) is 4.98 Å². The summed E-state index contributed by atoms with van der Waals surface area (Å²) in [7, 11) is 0. The standard InChI is InChI=1S/C22H19NO3/c24-22-17(12-16-6-2-1-3-7-16)14-26-21-10-9-19(13-20(21)22)25-15-18-8-4-5-11-23-18/h1-11,13,17H,12,14-15H2. The second-order valence-electron chi connectivity index (χ2n) is 6.33. The van der Waals surface area contributed by atoms with Crippen LogP contribution in [0.5, 0.6) is 11.5 Å². The summed E-state index contributed by atoms with van der Waals surface area (Å²) in [6, 6.07) is 21.1. The molecule has 2 aromatic carbocycles. The molecule has 0 bridgehead atoms. The first-order valence-electron chi connectivity index (χ1n) is 8.67. The van der Waals surface area contributed by atoms with Gasteiger partial charge >= 0.3 is 0 Å². The third kappa shape index (κ3) is 3.59. The van der Waals surface area contributed by atoms with Crippen molar-refractivity contribution >= 4 is 5.78 Å². The predicted molar refractivity (Wildman–Crippen MR) is 98.5 cm³/mol. The van der Waals surface area contributed by atoms with Crippen molar-refractivity contribution in [2.45, 2.75) is 13.0 Å². The van der Waals surface area contributed by atoms with Crippen molar-refractivity contribution in [1.29, 1.82) is 0 Å². The van der Waals surface area contributed by atoms with Crippen molar-refractivity contribution in [3.05, 3.63) is 89.7 Å². The van der Waals surface area contributed by atoms with Gasteiger partial charge in [0, 0.05) is 6.20 Å². The summed E-state index contributed by atoms with van der Waals surface area (Å²) in [5.41, 5.74) is 2.57. The highest BCUT2D eigenvalue weighted by Crippen LogP contribution is 2.32. The molecule has 1 unspecified atom stereocenters. The van der Waals surface area contributed by atoms with Crippen LogP contribution in [0.3, 0.4) is 0 Å². The molecule has 26 heavy (non-hydrogen) atoms. The monoisotopic (exact) mass is 345 g/mol. The summed E-state index contributed by atoms with van der Waals surface area (Å²) in [6.45, 7) is 0.775. The molecule has 1 aliphatic heterocycles. The molecule has 130 valence electrons. The molecule has 0 amide bonds. The van der Waals surface area contributed by atoms with E-state index in [1.165, 1.54) is 0 Å². The van der Waals surface area contributed by atoms with Gasteiger partial charge in [0.25, 0.3) is 0 Å². The van der Waals surface area contributed by atoms with E-state index in [1.54, 1.807) is 18.3 Å². The van der Waals surface area contributed by atoms with Gasteiger partial charge in [0.05, 0.1) is 23.8 Å². The average molecular weight is 345 g/mol. The molecule has 0 N–H and O–H groups in total. The molecular formula is C22H19NO3. The Morgan fingerprint density at radius 1 is 1.04 bits per heavy atom. The van der Waals surface area contributed by atoms with Crippen LogP contribution in [-0.4, -0.2) is 17.4 Å². The Bertz CT molecular complexity index is 894. The minimum absolute atomic E-state index is 0.110. The molecule has 0 spiro atoms. The molecule has 4 nitrogen and oxygen atoms in total. The van der Waals surface area contributed by atoms with Gasteiger partial charge in [-0.1, -0.05) is 36.4 Å². The second kappa shape index (κ2) is 7.40. The molecule has 4 heteroatoms. The molecule has 0 saturated carbocycles. The fraction of sp³-hybridized carbons (Fsp3) is 0.182. The number of pyridine rings is 1. The van der Waals surface area contributed by atoms with E-state index in [0.29, 0.717) is 36.7 Å². The van der Waals surface area contributed by atoms with E-state index in [0.717, 1.165) is 11.3 Å². The maximum absolute atomic E-state index is 12.9. The quantitative estimate of drug-likeness (QED) is 0.699. The third-order valence-electron chi connectivity index (χ3n) is 4.47. The van der Waals surface area contributed by atoms with Crippen LogP contribution in [0.25, 0.3) is 0 Å². The molecule has 4 rings (SSSR count). The number of ether oxygens (including phenoxy) is 2. The Morgan fingerprint density at radius 2 is 1.88 bits per heavy atom. The van der Waals surface area contributed by atoms with Gasteiger partial charge in [-0.15, -0.1) is 0 Å². The zero-order valence-electron chi connectivity index (χ0n) is 14.3. The highest BCUT2D eigenvalue weighted by molar-refractivity contribution is 6.01. The number of Topliss-reactive ketones (excluding diaryl/α,β-unsaturated/α-hetero) is 1. The van der Waals surface area contributed by atoms with Crippen LogP contribution in [0.1, 0.15) is 21.6 Å². The smallest absolute Gasteiger partial charge is 0.173 e. The van der Waals surface area contributed by atoms with Crippen LogP contribution >= 0.6 is 0 Å². The van der Waals surface area contributed by atoms with E-state index in [9.17, 15) is 4.79 Å². The van der Waals surface area contributed by atoms with Gasteiger partial charge in [-0.25, -0.2) is 0 Å². The van der Waals surface area contributed by atoms with E-state index in [1.807, 2.05) is 54.6 Å². The summed E-state index contributed by atoms with van der Waals surface area (Å²) in [6.07, 6.45) is 2.41. The van der Waals surface area contributed by atoms with Gasteiger partial charge in [-0.2, -0.15) is 0 Å². The van der Waals surface area contributed by atoms with Crippen molar-refractivity contribution < 1.29 is 14.3 Å². The number of benzene rings is 2. The van der Waals surface area contributed by atoms with Gasteiger partial charge in [-0.3, -0.25) is 9.78 Å². The van der Waals surface area contributed by atoms with Gasteiger partial charge in [0.2, 0.25) is 0 Å². The lowest BCUT2D eigenvalue weighted by molar-refractivity contribution is 0.0829. The molecule has 1 aliphatic rings. The van der Waals surface area contributed by atoms with E-state index in [2.05, 4.69) is 4.98 Å². The first-order chi connectivity index (χ1) is 12.8. The first-order valence-corrected chi connectivity index (χ1v) is 8.67. The van der Waals surface area contributed by atoms with Crippen molar-refractivity contribution in [2.24, 2.45) is 5.92 Å². The average Bonchev–Trinajstić information content (AvgIpc) is 2.70. The molecule has 3 aromatic rings. The lowest BCUT2D eigenvalue weighted by atomic mass is 9.89. The maximum atomic E-state index is 12.9. The normalized spacial score (nSPS) is 15.8. The lowest BCUT2D eigenvalue weighted by Gasteiger charge is -2.24. The van der Waals surface area contributed by atoms with E-state index in [4.69, 9.17) is 9.47 Å². The highest BCUT2D eigenvalue weighted by Gasteiger charge is 2.29. The van der Waals surface area contributed by atoms with Crippen LogP contribution in [-0.2, 0) is 13.0 Å². The van der Waals surface area contributed by atoms with Crippen molar-refractivity contribution in [3.63, 3.8) is 0 Å².